The summed E-state index contributed by atoms with van der Waals surface area (Å²) in [6.45, 7) is 2.95. The summed E-state index contributed by atoms with van der Waals surface area (Å²) >= 11 is 1.77. The monoisotopic (exact) mass is 262 g/mol. The maximum Gasteiger partial charge on any atom is 0.122 e. The number of methoxy groups -OCH3 is 1. The smallest absolute Gasteiger partial charge is 0.122 e. The van der Waals surface area contributed by atoms with Gasteiger partial charge in [-0.1, -0.05) is 18.2 Å². The van der Waals surface area contributed by atoms with E-state index in [9.17, 15) is 0 Å². The van der Waals surface area contributed by atoms with Crippen LogP contribution in [0.1, 0.15) is 21.1 Å². The molecule has 96 valence electrons. The fourth-order valence-corrected chi connectivity index (χ4v) is 3.00. The molecule has 18 heavy (non-hydrogen) atoms. The highest BCUT2D eigenvalue weighted by atomic mass is 32.1. The molecular formula is C14H18N2OS. The molecule has 0 atom stereocenters. The average molecular weight is 262 g/mol. The van der Waals surface area contributed by atoms with Gasteiger partial charge in [-0.15, -0.1) is 11.3 Å². The normalized spacial score (nSPS) is 10.6. The fraction of sp³-hybridized carbons (Fsp3) is 0.357. The van der Waals surface area contributed by atoms with Gasteiger partial charge in [-0.25, -0.2) is 4.98 Å². The number of benzene rings is 1. The van der Waals surface area contributed by atoms with E-state index in [1.165, 1.54) is 10.4 Å². The van der Waals surface area contributed by atoms with Crippen LogP contribution in [0, 0.1) is 6.92 Å². The molecular weight excluding hydrogens is 244 g/mol. The number of rotatable bonds is 5. The first-order chi connectivity index (χ1) is 8.74. The summed E-state index contributed by atoms with van der Waals surface area (Å²) in [7, 11) is 3.66. The second kappa shape index (κ2) is 5.98. The molecule has 1 N–H and O–H groups in total. The lowest BCUT2D eigenvalue weighted by molar-refractivity contribution is 0.410. The summed E-state index contributed by atoms with van der Waals surface area (Å²) < 4.78 is 5.37. The van der Waals surface area contributed by atoms with Crippen LogP contribution in [-0.2, 0) is 13.0 Å². The van der Waals surface area contributed by atoms with Gasteiger partial charge in [0.05, 0.1) is 17.8 Å². The molecule has 0 spiro atoms. The Bertz CT molecular complexity index is 522. The number of aryl methyl sites for hydroxylation is 1. The molecule has 1 aromatic heterocycles. The molecule has 1 aromatic carbocycles. The first-order valence-electron chi connectivity index (χ1n) is 5.96. The van der Waals surface area contributed by atoms with Crippen LogP contribution in [-0.4, -0.2) is 19.1 Å². The lowest BCUT2D eigenvalue weighted by atomic mass is 10.1. The van der Waals surface area contributed by atoms with E-state index in [0.717, 1.165) is 29.4 Å². The molecule has 2 aromatic rings. The Morgan fingerprint density at radius 3 is 2.83 bits per heavy atom. The minimum absolute atomic E-state index is 0.833. The summed E-state index contributed by atoms with van der Waals surface area (Å²) in [6, 6.07) is 8.10. The number of nitrogens with one attached hydrogen (secondary N) is 1. The molecule has 1 heterocycles. The zero-order valence-electron chi connectivity index (χ0n) is 11.0. The Kier molecular flexibility index (Phi) is 4.33. The molecule has 0 saturated heterocycles. The van der Waals surface area contributed by atoms with Gasteiger partial charge < -0.3 is 10.1 Å². The van der Waals surface area contributed by atoms with Crippen LogP contribution in [0.4, 0.5) is 0 Å². The molecule has 0 aliphatic rings. The highest BCUT2D eigenvalue weighted by molar-refractivity contribution is 7.11. The number of nitrogens with zero attached hydrogens (tertiary/aromatic N) is 1. The largest absolute Gasteiger partial charge is 0.496 e. The molecule has 0 aliphatic carbocycles. The highest BCUT2D eigenvalue weighted by Gasteiger charge is 2.09. The molecule has 0 bridgehead atoms. The maximum absolute atomic E-state index is 5.37. The van der Waals surface area contributed by atoms with E-state index in [4.69, 9.17) is 4.74 Å². The SMILES string of the molecule is CNCc1sc(Cc2ccccc2OC)nc1C. The Morgan fingerprint density at radius 2 is 2.11 bits per heavy atom. The van der Waals surface area contributed by atoms with Gasteiger partial charge in [0, 0.05) is 23.4 Å². The van der Waals surface area contributed by atoms with Gasteiger partial charge in [-0.3, -0.25) is 0 Å². The van der Waals surface area contributed by atoms with Crippen molar-refractivity contribution < 1.29 is 4.74 Å². The second-order valence-electron chi connectivity index (χ2n) is 4.14. The van der Waals surface area contributed by atoms with E-state index < -0.39 is 0 Å². The van der Waals surface area contributed by atoms with Crippen molar-refractivity contribution in [1.82, 2.24) is 10.3 Å². The fourth-order valence-electron chi connectivity index (χ4n) is 1.90. The average Bonchev–Trinajstić information content (AvgIpc) is 2.71. The van der Waals surface area contributed by atoms with E-state index in [2.05, 4.69) is 23.3 Å². The molecule has 4 heteroatoms. The van der Waals surface area contributed by atoms with Crippen LogP contribution < -0.4 is 10.1 Å². The second-order valence-corrected chi connectivity index (χ2v) is 5.30. The third-order valence-corrected chi connectivity index (χ3v) is 3.97. The van der Waals surface area contributed by atoms with E-state index in [1.807, 2.05) is 25.2 Å². The van der Waals surface area contributed by atoms with Crippen molar-refractivity contribution in [3.05, 3.63) is 45.4 Å². The Labute approximate surface area is 112 Å². The molecule has 0 unspecified atom stereocenters. The third-order valence-electron chi connectivity index (χ3n) is 2.81. The number of thiazole rings is 1. The summed E-state index contributed by atoms with van der Waals surface area (Å²) in [5.41, 5.74) is 2.31. The maximum atomic E-state index is 5.37. The van der Waals surface area contributed by atoms with Gasteiger partial charge in [0.25, 0.3) is 0 Å². The van der Waals surface area contributed by atoms with Gasteiger partial charge in [0.2, 0.25) is 0 Å². The number of para-hydroxylation sites is 1. The number of ether oxygens (including phenoxy) is 1. The van der Waals surface area contributed by atoms with Crippen LogP contribution in [0.2, 0.25) is 0 Å². The predicted octanol–water partition coefficient (Wildman–Crippen LogP) is 2.77. The quantitative estimate of drug-likeness (QED) is 0.899. The summed E-state index contributed by atoms with van der Waals surface area (Å²) in [4.78, 5) is 5.93. The summed E-state index contributed by atoms with van der Waals surface area (Å²) in [6.07, 6.45) is 0.833. The predicted molar refractivity (Wildman–Crippen MR) is 75.4 cm³/mol. The Balaban J connectivity index is 2.20. The van der Waals surface area contributed by atoms with Crippen LogP contribution >= 0.6 is 11.3 Å². The number of hydrogen-bond donors (Lipinski definition) is 1. The van der Waals surface area contributed by atoms with Crippen LogP contribution in [0.25, 0.3) is 0 Å². The number of aromatic nitrogens is 1. The first kappa shape index (κ1) is 13.1. The number of hydrogen-bond acceptors (Lipinski definition) is 4. The van der Waals surface area contributed by atoms with E-state index in [0.29, 0.717) is 0 Å². The molecule has 0 fully saturated rings. The zero-order chi connectivity index (χ0) is 13.0. The van der Waals surface area contributed by atoms with E-state index in [1.54, 1.807) is 18.4 Å². The minimum Gasteiger partial charge on any atom is -0.496 e. The topological polar surface area (TPSA) is 34.1 Å². The molecule has 2 rings (SSSR count). The van der Waals surface area contributed by atoms with Crippen LogP contribution in [0.5, 0.6) is 5.75 Å². The summed E-state index contributed by atoms with van der Waals surface area (Å²) in [5, 5.41) is 4.31. The van der Waals surface area contributed by atoms with Crippen LogP contribution in [0.3, 0.4) is 0 Å². The van der Waals surface area contributed by atoms with Gasteiger partial charge in [0.15, 0.2) is 0 Å². The van der Waals surface area contributed by atoms with Crippen molar-refractivity contribution >= 4 is 11.3 Å². The van der Waals surface area contributed by atoms with Crippen molar-refractivity contribution in [2.45, 2.75) is 19.9 Å². The highest BCUT2D eigenvalue weighted by Crippen LogP contribution is 2.25. The van der Waals surface area contributed by atoms with E-state index >= 15 is 0 Å². The minimum atomic E-state index is 0.833. The van der Waals surface area contributed by atoms with Crippen molar-refractivity contribution in [2.24, 2.45) is 0 Å². The Morgan fingerprint density at radius 1 is 1.33 bits per heavy atom. The molecule has 3 nitrogen and oxygen atoms in total. The molecule has 0 radical (unpaired) electrons. The van der Waals surface area contributed by atoms with Gasteiger partial charge >= 0.3 is 0 Å². The van der Waals surface area contributed by atoms with Crippen molar-refractivity contribution in [3.8, 4) is 5.75 Å². The van der Waals surface area contributed by atoms with Crippen molar-refractivity contribution in [3.63, 3.8) is 0 Å². The van der Waals surface area contributed by atoms with Crippen LogP contribution in [0.15, 0.2) is 24.3 Å². The van der Waals surface area contributed by atoms with Gasteiger partial charge in [-0.05, 0) is 20.0 Å². The Hall–Kier alpha value is -1.39. The standard InChI is InChI=1S/C14H18N2OS/c1-10-13(9-15-2)18-14(16-10)8-11-6-4-5-7-12(11)17-3/h4-7,15H,8-9H2,1-3H3. The molecule has 0 amide bonds. The zero-order valence-corrected chi connectivity index (χ0v) is 11.8. The molecule has 0 aliphatic heterocycles. The van der Waals surface area contributed by atoms with Gasteiger partial charge in [0.1, 0.15) is 5.75 Å². The van der Waals surface area contributed by atoms with Crippen molar-refractivity contribution in [1.29, 1.82) is 0 Å². The van der Waals surface area contributed by atoms with Crippen molar-refractivity contribution in [2.75, 3.05) is 14.2 Å². The van der Waals surface area contributed by atoms with E-state index in [-0.39, 0.29) is 0 Å². The lowest BCUT2D eigenvalue weighted by Gasteiger charge is -2.05. The first-order valence-corrected chi connectivity index (χ1v) is 6.78. The molecule has 0 saturated carbocycles. The summed E-state index contributed by atoms with van der Waals surface area (Å²) in [5.74, 6) is 0.931. The third kappa shape index (κ3) is 2.89. The van der Waals surface area contributed by atoms with Gasteiger partial charge in [-0.2, -0.15) is 0 Å². The lowest BCUT2D eigenvalue weighted by Crippen LogP contribution is -2.04.